The van der Waals surface area contributed by atoms with Crippen LogP contribution < -0.4 is 10.6 Å². The molecule has 108 valence electrons. The van der Waals surface area contributed by atoms with Crippen LogP contribution in [0.1, 0.15) is 24.8 Å². The van der Waals surface area contributed by atoms with Crippen molar-refractivity contribution < 1.29 is 9.72 Å². The van der Waals surface area contributed by atoms with Crippen LogP contribution in [-0.2, 0) is 11.2 Å². The Bertz CT molecular complexity index is 484. The van der Waals surface area contributed by atoms with Crippen molar-refractivity contribution in [2.75, 3.05) is 13.1 Å². The van der Waals surface area contributed by atoms with Crippen LogP contribution in [0.15, 0.2) is 24.3 Å². The monoisotopic (exact) mass is 277 g/mol. The summed E-state index contributed by atoms with van der Waals surface area (Å²) >= 11 is 0. The third-order valence-corrected chi connectivity index (χ3v) is 3.46. The summed E-state index contributed by atoms with van der Waals surface area (Å²) in [7, 11) is 0. The second-order valence-electron chi connectivity index (χ2n) is 5.04. The molecule has 1 aromatic carbocycles. The standard InChI is InChI=1S/C14H19N3O3/c18-14(16-8-6-12-4-2-7-15-12)10-11-3-1-5-13(9-11)17(19)20/h1,3,5,9,12,15H,2,4,6-8,10H2,(H,16,18)/t12-/m1/s1. The Morgan fingerprint density at radius 2 is 2.35 bits per heavy atom. The van der Waals surface area contributed by atoms with Gasteiger partial charge in [0.25, 0.3) is 5.69 Å². The second kappa shape index (κ2) is 7.00. The summed E-state index contributed by atoms with van der Waals surface area (Å²) in [6.07, 6.45) is 3.48. The normalized spacial score (nSPS) is 17.9. The molecule has 1 atom stereocenters. The van der Waals surface area contributed by atoms with E-state index in [0.717, 1.165) is 13.0 Å². The average Bonchev–Trinajstić information content (AvgIpc) is 2.92. The van der Waals surface area contributed by atoms with Crippen molar-refractivity contribution in [2.45, 2.75) is 31.7 Å². The van der Waals surface area contributed by atoms with Gasteiger partial charge in [-0.1, -0.05) is 12.1 Å². The Hall–Kier alpha value is -1.95. The first-order valence-corrected chi connectivity index (χ1v) is 6.88. The van der Waals surface area contributed by atoms with Crippen molar-refractivity contribution in [1.29, 1.82) is 0 Å². The highest BCUT2D eigenvalue weighted by Crippen LogP contribution is 2.13. The molecular formula is C14H19N3O3. The van der Waals surface area contributed by atoms with Crippen LogP contribution in [-0.4, -0.2) is 30.0 Å². The number of rotatable bonds is 6. The van der Waals surface area contributed by atoms with Gasteiger partial charge in [-0.05, 0) is 31.4 Å². The lowest BCUT2D eigenvalue weighted by atomic mass is 10.1. The summed E-state index contributed by atoms with van der Waals surface area (Å²) in [5.41, 5.74) is 0.682. The largest absolute Gasteiger partial charge is 0.356 e. The van der Waals surface area contributed by atoms with Gasteiger partial charge in [-0.25, -0.2) is 0 Å². The third kappa shape index (κ3) is 4.31. The maximum atomic E-state index is 11.8. The molecule has 0 spiro atoms. The average molecular weight is 277 g/mol. The molecule has 2 rings (SSSR count). The minimum absolute atomic E-state index is 0.0189. The zero-order valence-electron chi connectivity index (χ0n) is 11.3. The van der Waals surface area contributed by atoms with Gasteiger partial charge in [0.2, 0.25) is 5.91 Å². The molecule has 1 aromatic rings. The first-order chi connectivity index (χ1) is 9.65. The maximum absolute atomic E-state index is 11.8. The first-order valence-electron chi connectivity index (χ1n) is 6.88. The zero-order valence-corrected chi connectivity index (χ0v) is 11.3. The van der Waals surface area contributed by atoms with Crippen LogP contribution >= 0.6 is 0 Å². The summed E-state index contributed by atoms with van der Waals surface area (Å²) in [4.78, 5) is 22.0. The molecule has 1 fully saturated rings. The summed E-state index contributed by atoms with van der Waals surface area (Å²) in [6, 6.07) is 6.70. The minimum atomic E-state index is -0.451. The van der Waals surface area contributed by atoms with E-state index in [9.17, 15) is 14.9 Å². The molecule has 1 aliphatic rings. The van der Waals surface area contributed by atoms with Gasteiger partial charge in [0.1, 0.15) is 0 Å². The lowest BCUT2D eigenvalue weighted by Crippen LogP contribution is -2.31. The van der Waals surface area contributed by atoms with Gasteiger partial charge < -0.3 is 10.6 Å². The number of amides is 1. The molecule has 1 heterocycles. The van der Waals surface area contributed by atoms with Crippen molar-refractivity contribution in [3.8, 4) is 0 Å². The molecule has 0 bridgehead atoms. The topological polar surface area (TPSA) is 84.3 Å². The van der Waals surface area contributed by atoms with Crippen molar-refractivity contribution in [1.82, 2.24) is 10.6 Å². The number of nitro groups is 1. The van der Waals surface area contributed by atoms with E-state index in [4.69, 9.17) is 0 Å². The zero-order chi connectivity index (χ0) is 14.4. The van der Waals surface area contributed by atoms with Crippen molar-refractivity contribution in [2.24, 2.45) is 0 Å². The smallest absolute Gasteiger partial charge is 0.269 e. The van der Waals surface area contributed by atoms with Gasteiger partial charge in [0, 0.05) is 24.7 Å². The van der Waals surface area contributed by atoms with Gasteiger partial charge in [0.15, 0.2) is 0 Å². The molecule has 20 heavy (non-hydrogen) atoms. The van der Waals surface area contributed by atoms with Crippen LogP contribution in [0.25, 0.3) is 0 Å². The minimum Gasteiger partial charge on any atom is -0.356 e. The molecule has 1 amide bonds. The summed E-state index contributed by atoms with van der Waals surface area (Å²) in [5.74, 6) is -0.0940. The predicted octanol–water partition coefficient (Wildman–Crippen LogP) is 1.40. The molecule has 6 heteroatoms. The number of hydrogen-bond acceptors (Lipinski definition) is 4. The lowest BCUT2D eigenvalue weighted by Gasteiger charge is -2.10. The van der Waals surface area contributed by atoms with E-state index >= 15 is 0 Å². The van der Waals surface area contributed by atoms with E-state index < -0.39 is 4.92 Å². The van der Waals surface area contributed by atoms with Crippen LogP contribution in [0.2, 0.25) is 0 Å². The number of carbonyl (C=O) groups is 1. The molecule has 0 aromatic heterocycles. The fourth-order valence-corrected chi connectivity index (χ4v) is 2.42. The van der Waals surface area contributed by atoms with Gasteiger partial charge in [-0.15, -0.1) is 0 Å². The van der Waals surface area contributed by atoms with Crippen molar-refractivity contribution >= 4 is 11.6 Å². The van der Waals surface area contributed by atoms with E-state index in [1.165, 1.54) is 25.0 Å². The van der Waals surface area contributed by atoms with Crippen molar-refractivity contribution in [3.05, 3.63) is 39.9 Å². The number of carbonyl (C=O) groups excluding carboxylic acids is 1. The van der Waals surface area contributed by atoms with Gasteiger partial charge >= 0.3 is 0 Å². The fraction of sp³-hybridized carbons (Fsp3) is 0.500. The van der Waals surface area contributed by atoms with Gasteiger partial charge in [0.05, 0.1) is 11.3 Å². The number of hydrogen-bond donors (Lipinski definition) is 2. The highest BCUT2D eigenvalue weighted by Gasteiger charge is 2.14. The molecule has 0 unspecified atom stereocenters. The number of nitro benzene ring substituents is 1. The summed E-state index contributed by atoms with van der Waals surface area (Å²) in [5, 5.41) is 16.9. The van der Waals surface area contributed by atoms with Crippen LogP contribution in [0, 0.1) is 10.1 Å². The SMILES string of the molecule is O=C(Cc1cccc([N+](=O)[O-])c1)NCC[C@H]1CCCN1. The lowest BCUT2D eigenvalue weighted by molar-refractivity contribution is -0.384. The second-order valence-corrected chi connectivity index (χ2v) is 5.04. The van der Waals surface area contributed by atoms with E-state index in [-0.39, 0.29) is 18.0 Å². The Kier molecular flexibility index (Phi) is 5.06. The van der Waals surface area contributed by atoms with E-state index in [0.29, 0.717) is 18.2 Å². The third-order valence-electron chi connectivity index (χ3n) is 3.46. The van der Waals surface area contributed by atoms with E-state index in [1.807, 2.05) is 0 Å². The molecule has 0 aliphatic carbocycles. The highest BCUT2D eigenvalue weighted by molar-refractivity contribution is 5.78. The molecule has 1 saturated heterocycles. The van der Waals surface area contributed by atoms with Crippen molar-refractivity contribution in [3.63, 3.8) is 0 Å². The number of benzene rings is 1. The Morgan fingerprint density at radius 1 is 1.50 bits per heavy atom. The maximum Gasteiger partial charge on any atom is 0.269 e. The Balaban J connectivity index is 1.76. The number of non-ortho nitro benzene ring substituents is 1. The summed E-state index contributed by atoms with van der Waals surface area (Å²) < 4.78 is 0. The number of nitrogens with zero attached hydrogens (tertiary/aromatic N) is 1. The highest BCUT2D eigenvalue weighted by atomic mass is 16.6. The molecule has 6 nitrogen and oxygen atoms in total. The molecule has 2 N–H and O–H groups in total. The Labute approximate surface area is 117 Å². The van der Waals surface area contributed by atoms with Crippen LogP contribution in [0.5, 0.6) is 0 Å². The Morgan fingerprint density at radius 3 is 3.05 bits per heavy atom. The molecular weight excluding hydrogens is 258 g/mol. The van der Waals surface area contributed by atoms with E-state index in [1.54, 1.807) is 12.1 Å². The molecule has 0 saturated carbocycles. The van der Waals surface area contributed by atoms with Gasteiger partial charge in [-0.2, -0.15) is 0 Å². The molecule has 1 aliphatic heterocycles. The molecule has 0 radical (unpaired) electrons. The van der Waals surface area contributed by atoms with Gasteiger partial charge in [-0.3, -0.25) is 14.9 Å². The van der Waals surface area contributed by atoms with Crippen LogP contribution in [0.3, 0.4) is 0 Å². The fourth-order valence-electron chi connectivity index (χ4n) is 2.42. The number of nitrogens with one attached hydrogen (secondary N) is 2. The van der Waals surface area contributed by atoms with E-state index in [2.05, 4.69) is 10.6 Å². The van der Waals surface area contributed by atoms with Crippen LogP contribution in [0.4, 0.5) is 5.69 Å². The summed E-state index contributed by atoms with van der Waals surface area (Å²) in [6.45, 7) is 1.71. The predicted molar refractivity (Wildman–Crippen MR) is 75.5 cm³/mol. The quantitative estimate of drug-likeness (QED) is 0.608. The first kappa shape index (κ1) is 14.5.